The molecule has 0 heterocycles. The summed E-state index contributed by atoms with van der Waals surface area (Å²) < 4.78 is 0. The van der Waals surface area contributed by atoms with E-state index in [1.54, 1.807) is 6.07 Å². The zero-order valence-corrected chi connectivity index (χ0v) is 9.71. The highest BCUT2D eigenvalue weighted by molar-refractivity contribution is 6.02. The van der Waals surface area contributed by atoms with Crippen molar-refractivity contribution >= 4 is 23.0 Å². The first-order chi connectivity index (χ1) is 8.68. The summed E-state index contributed by atoms with van der Waals surface area (Å²) in [5, 5.41) is 20.2. The van der Waals surface area contributed by atoms with Crippen LogP contribution in [-0.2, 0) is 4.79 Å². The Kier molecular flexibility index (Phi) is 3.57. The normalized spacial score (nSPS) is 11.1. The summed E-state index contributed by atoms with van der Waals surface area (Å²) in [4.78, 5) is 14.4. The lowest BCUT2D eigenvalue weighted by molar-refractivity contribution is -0.136. The molecule has 0 radical (unpaired) electrons. The highest BCUT2D eigenvalue weighted by atomic mass is 16.4. The average Bonchev–Trinajstić information content (AvgIpc) is 2.36. The molecule has 0 aliphatic heterocycles. The maximum absolute atomic E-state index is 10.4. The predicted octanol–water partition coefficient (Wildman–Crippen LogP) is 2.44. The quantitative estimate of drug-likeness (QED) is 0.810. The van der Waals surface area contributed by atoms with Gasteiger partial charge in [0.15, 0.2) is 0 Å². The van der Waals surface area contributed by atoms with Crippen molar-refractivity contribution in [2.45, 2.75) is 6.42 Å². The number of carbonyl (C=O) groups is 1. The van der Waals surface area contributed by atoms with Gasteiger partial charge in [-0.2, -0.15) is 0 Å². The van der Waals surface area contributed by atoms with Crippen molar-refractivity contribution in [3.8, 4) is 5.75 Å². The molecule has 18 heavy (non-hydrogen) atoms. The molecule has 2 aromatic rings. The molecule has 2 aromatic carbocycles. The second kappa shape index (κ2) is 5.31. The number of aliphatic imine (C=N–C) groups is 1. The van der Waals surface area contributed by atoms with Gasteiger partial charge >= 0.3 is 5.97 Å². The molecule has 0 aromatic heterocycles. The summed E-state index contributed by atoms with van der Waals surface area (Å²) in [6, 6.07) is 11.1. The lowest BCUT2D eigenvalue weighted by Crippen LogP contribution is -1.97. The molecule has 2 N–H and O–H groups in total. The second-order valence-corrected chi connectivity index (χ2v) is 3.90. The van der Waals surface area contributed by atoms with E-state index in [1.807, 2.05) is 30.3 Å². The summed E-state index contributed by atoms with van der Waals surface area (Å²) in [5.41, 5.74) is 0.624. The van der Waals surface area contributed by atoms with Crippen LogP contribution in [-0.4, -0.2) is 28.9 Å². The minimum Gasteiger partial charge on any atom is -0.507 e. The van der Waals surface area contributed by atoms with Crippen LogP contribution in [0.25, 0.3) is 10.8 Å². The molecular formula is C14H13NO3. The van der Waals surface area contributed by atoms with Crippen LogP contribution in [0, 0.1) is 0 Å². The Hall–Kier alpha value is -2.36. The van der Waals surface area contributed by atoms with Crippen molar-refractivity contribution in [3.05, 3.63) is 42.0 Å². The van der Waals surface area contributed by atoms with E-state index in [0.717, 1.165) is 10.8 Å². The number of phenolic OH excluding ortho intramolecular Hbond substituents is 1. The predicted molar refractivity (Wildman–Crippen MR) is 70.3 cm³/mol. The lowest BCUT2D eigenvalue weighted by atomic mass is 10.0. The van der Waals surface area contributed by atoms with E-state index >= 15 is 0 Å². The molecule has 0 bridgehead atoms. The number of carboxylic acid groups (broad SMARTS) is 1. The molecule has 0 unspecified atom stereocenters. The molecule has 0 saturated heterocycles. The topological polar surface area (TPSA) is 69.9 Å². The minimum atomic E-state index is -0.880. The van der Waals surface area contributed by atoms with Crippen LogP contribution in [0.5, 0.6) is 5.75 Å². The van der Waals surface area contributed by atoms with Gasteiger partial charge in [-0.25, -0.2) is 0 Å². The Morgan fingerprint density at radius 3 is 2.78 bits per heavy atom. The minimum absolute atomic E-state index is 0.0119. The molecule has 0 aliphatic carbocycles. The van der Waals surface area contributed by atoms with Crippen molar-refractivity contribution in [2.75, 3.05) is 6.54 Å². The van der Waals surface area contributed by atoms with Crippen molar-refractivity contribution in [3.63, 3.8) is 0 Å². The Morgan fingerprint density at radius 1 is 1.22 bits per heavy atom. The Balaban J connectivity index is 2.31. The standard InChI is InChI=1S/C14H13NO3/c16-13-6-5-10-3-1-2-4-11(10)12(13)9-15-8-7-14(17)18/h1-6,9,16H,7-8H2,(H,17,18). The van der Waals surface area contributed by atoms with Crippen LogP contribution in [0.2, 0.25) is 0 Å². The van der Waals surface area contributed by atoms with E-state index in [4.69, 9.17) is 5.11 Å². The number of aliphatic carboxylic acids is 1. The number of carboxylic acids is 1. The summed E-state index contributed by atoms with van der Waals surface area (Å²) in [5.74, 6) is -0.734. The number of rotatable bonds is 4. The van der Waals surface area contributed by atoms with Gasteiger partial charge in [0.2, 0.25) is 0 Å². The van der Waals surface area contributed by atoms with E-state index in [0.29, 0.717) is 5.56 Å². The molecule has 0 fully saturated rings. The third kappa shape index (κ3) is 2.66. The van der Waals surface area contributed by atoms with Crippen LogP contribution in [0.4, 0.5) is 0 Å². The summed E-state index contributed by atoms with van der Waals surface area (Å²) in [7, 11) is 0. The van der Waals surface area contributed by atoms with Gasteiger partial charge in [-0.05, 0) is 16.8 Å². The van der Waals surface area contributed by atoms with Crippen LogP contribution < -0.4 is 0 Å². The molecule has 0 amide bonds. The molecule has 0 saturated carbocycles. The fourth-order valence-corrected chi connectivity index (χ4v) is 1.74. The van der Waals surface area contributed by atoms with Gasteiger partial charge in [-0.3, -0.25) is 9.79 Å². The summed E-state index contributed by atoms with van der Waals surface area (Å²) in [6.45, 7) is 0.206. The van der Waals surface area contributed by atoms with E-state index in [2.05, 4.69) is 4.99 Å². The highest BCUT2D eigenvalue weighted by Crippen LogP contribution is 2.25. The zero-order chi connectivity index (χ0) is 13.0. The maximum Gasteiger partial charge on any atom is 0.305 e. The zero-order valence-electron chi connectivity index (χ0n) is 9.71. The first-order valence-corrected chi connectivity index (χ1v) is 5.61. The van der Waals surface area contributed by atoms with Gasteiger partial charge in [0.05, 0.1) is 6.42 Å². The smallest absolute Gasteiger partial charge is 0.305 e. The van der Waals surface area contributed by atoms with Crippen LogP contribution in [0.15, 0.2) is 41.4 Å². The Bertz CT molecular complexity index is 605. The largest absolute Gasteiger partial charge is 0.507 e. The van der Waals surface area contributed by atoms with Gasteiger partial charge < -0.3 is 10.2 Å². The lowest BCUT2D eigenvalue weighted by Gasteiger charge is -2.04. The molecule has 4 heteroatoms. The van der Waals surface area contributed by atoms with Gasteiger partial charge in [-0.15, -0.1) is 0 Å². The van der Waals surface area contributed by atoms with Crippen molar-refractivity contribution < 1.29 is 15.0 Å². The van der Waals surface area contributed by atoms with E-state index in [9.17, 15) is 9.90 Å². The first kappa shape index (κ1) is 12.1. The van der Waals surface area contributed by atoms with Gasteiger partial charge in [0, 0.05) is 18.3 Å². The summed E-state index contributed by atoms with van der Waals surface area (Å²) >= 11 is 0. The Morgan fingerprint density at radius 2 is 2.00 bits per heavy atom. The number of nitrogens with zero attached hydrogens (tertiary/aromatic N) is 1. The third-order valence-corrected chi connectivity index (χ3v) is 2.62. The van der Waals surface area contributed by atoms with Crippen LogP contribution >= 0.6 is 0 Å². The number of fused-ring (bicyclic) bond motifs is 1. The fraction of sp³-hybridized carbons (Fsp3) is 0.143. The molecule has 0 aliphatic rings. The monoisotopic (exact) mass is 243 g/mol. The van der Waals surface area contributed by atoms with E-state index in [-0.39, 0.29) is 18.7 Å². The molecule has 4 nitrogen and oxygen atoms in total. The number of hydrogen-bond acceptors (Lipinski definition) is 3. The van der Waals surface area contributed by atoms with Crippen LogP contribution in [0.3, 0.4) is 0 Å². The third-order valence-electron chi connectivity index (χ3n) is 2.62. The number of aromatic hydroxyl groups is 1. The van der Waals surface area contributed by atoms with E-state index in [1.165, 1.54) is 6.21 Å². The number of hydrogen-bond donors (Lipinski definition) is 2. The van der Waals surface area contributed by atoms with E-state index < -0.39 is 5.97 Å². The summed E-state index contributed by atoms with van der Waals surface area (Å²) in [6.07, 6.45) is 1.52. The van der Waals surface area contributed by atoms with Crippen molar-refractivity contribution in [1.82, 2.24) is 0 Å². The molecule has 2 rings (SSSR count). The average molecular weight is 243 g/mol. The van der Waals surface area contributed by atoms with Gasteiger partial charge in [-0.1, -0.05) is 30.3 Å². The maximum atomic E-state index is 10.4. The molecule has 0 spiro atoms. The number of phenols is 1. The second-order valence-electron chi connectivity index (χ2n) is 3.90. The fourth-order valence-electron chi connectivity index (χ4n) is 1.74. The highest BCUT2D eigenvalue weighted by Gasteiger charge is 2.03. The molecule has 92 valence electrons. The number of benzene rings is 2. The molecule has 0 atom stereocenters. The Labute approximate surface area is 104 Å². The van der Waals surface area contributed by atoms with Crippen LogP contribution in [0.1, 0.15) is 12.0 Å². The van der Waals surface area contributed by atoms with Crippen molar-refractivity contribution in [2.24, 2.45) is 4.99 Å². The SMILES string of the molecule is O=C(O)CCN=Cc1c(O)ccc2ccccc12. The van der Waals surface area contributed by atoms with Gasteiger partial charge in [0.1, 0.15) is 5.75 Å². The molecular weight excluding hydrogens is 230 g/mol. The van der Waals surface area contributed by atoms with Crippen molar-refractivity contribution in [1.29, 1.82) is 0 Å². The van der Waals surface area contributed by atoms with Gasteiger partial charge in [0.25, 0.3) is 0 Å². The first-order valence-electron chi connectivity index (χ1n) is 5.61.